The number of benzene rings is 13. The third-order valence-electron chi connectivity index (χ3n) is 19.2. The molecule has 0 heterocycles. The van der Waals surface area contributed by atoms with E-state index in [9.17, 15) is 105 Å². The quantitative estimate of drug-likeness (QED) is 0.0246. The highest BCUT2D eigenvalue weighted by Gasteiger charge is 2.55. The van der Waals surface area contributed by atoms with Gasteiger partial charge in [0.1, 0.15) is 105 Å². The van der Waals surface area contributed by atoms with Crippen molar-refractivity contribution in [1.82, 2.24) is 0 Å². The van der Waals surface area contributed by atoms with Crippen LogP contribution in [0.3, 0.4) is 0 Å². The van der Waals surface area contributed by atoms with Gasteiger partial charge in [-0.3, -0.25) is 0 Å². The molecule has 0 saturated heterocycles. The average Bonchev–Trinajstić information content (AvgIpc) is 0.684. The molecule has 0 unspecified atom stereocenters. The molecule has 0 saturated carbocycles. The first-order chi connectivity index (χ1) is 58.6. The van der Waals surface area contributed by atoms with Crippen molar-refractivity contribution >= 4 is 78.7 Å². The lowest BCUT2D eigenvalue weighted by atomic mass is 9.12. The van der Waals surface area contributed by atoms with Crippen LogP contribution in [0.1, 0.15) is 11.1 Å². The Kier molecular flexibility index (Phi) is 27.1. The van der Waals surface area contributed by atoms with E-state index in [2.05, 4.69) is 141 Å². The summed E-state index contributed by atoms with van der Waals surface area (Å²) < 4.78 is 591. The minimum atomic E-state index is -7.22. The van der Waals surface area contributed by atoms with E-state index in [1.54, 1.807) is 0 Å². The van der Waals surface area contributed by atoms with E-state index in [1.807, 2.05) is 11.8 Å². The zero-order valence-corrected chi connectivity index (χ0v) is 63.9. The van der Waals surface area contributed by atoms with E-state index < -0.39 is 289 Å². The van der Waals surface area contributed by atoms with E-state index in [1.165, 1.54) is 42.7 Å². The van der Waals surface area contributed by atoms with Crippen LogP contribution in [0.5, 0.6) is 0 Å². The average molecular weight is 1960 g/mol. The Morgan fingerprint density at radius 3 is 0.568 bits per heavy atom. The summed E-state index contributed by atoms with van der Waals surface area (Å²) in [6, 6.07) is 46.6. The maximum atomic E-state index is 15.4. The predicted molar refractivity (Wildman–Crippen MR) is 364 cm³/mol. The predicted octanol–water partition coefficient (Wildman–Crippen LogP) is 17.4. The number of hydrogen-bond donors (Lipinski definition) is 0. The second-order valence-corrected chi connectivity index (χ2v) is 32.0. The Morgan fingerprint density at radius 1 is 0.192 bits per heavy atom. The van der Waals surface area contributed by atoms with Crippen LogP contribution in [-0.4, -0.2) is 12.3 Å². The molecule has 0 fully saturated rings. The van der Waals surface area contributed by atoms with Crippen molar-refractivity contribution in [3.8, 4) is 0 Å². The highest BCUT2D eigenvalue weighted by molar-refractivity contribution is 7.99. The molecule has 0 spiro atoms. The highest BCUT2D eigenvalue weighted by atomic mass is 127. The Hall–Kier alpha value is -11.4. The summed E-state index contributed by atoms with van der Waals surface area (Å²) in [5.74, 6) is -143. The molecule has 0 aliphatic heterocycles. The van der Waals surface area contributed by atoms with E-state index in [0.29, 0.717) is 0 Å². The lowest BCUT2D eigenvalue weighted by molar-refractivity contribution is -0.598. The summed E-state index contributed by atoms with van der Waals surface area (Å²) >= 11 is 1.69. The molecular formula is C80H27B2F40IS2. The monoisotopic (exact) mass is 1960 g/mol. The summed E-state index contributed by atoms with van der Waals surface area (Å²) in [6.07, 6.45) is -14.4. The van der Waals surface area contributed by atoms with E-state index in [4.69, 9.17) is 0 Å². The summed E-state index contributed by atoms with van der Waals surface area (Å²) in [4.78, 5) is 6.61. The topological polar surface area (TPSA) is 0 Å². The molecular weight excluding hydrogens is 1930 g/mol. The first kappa shape index (κ1) is 94.3. The third kappa shape index (κ3) is 15.5. The van der Waals surface area contributed by atoms with Gasteiger partial charge in [-0.1, -0.05) is 60.3 Å². The largest absolute Gasteiger partial charge is 0.358 e. The zero-order valence-electron chi connectivity index (χ0n) is 60.1. The maximum absolute atomic E-state index is 15.4. The molecule has 0 bridgehead atoms. The van der Waals surface area contributed by atoms with Crippen molar-refractivity contribution < 1.29 is 197 Å². The first-order valence-electron chi connectivity index (χ1n) is 33.5. The van der Waals surface area contributed by atoms with Crippen LogP contribution in [0.4, 0.5) is 176 Å². The summed E-state index contributed by atoms with van der Waals surface area (Å²) in [7, 11) is -0.101. The van der Waals surface area contributed by atoms with Crippen LogP contribution >= 0.6 is 11.8 Å². The van der Waals surface area contributed by atoms with Crippen molar-refractivity contribution in [2.45, 2.75) is 38.3 Å². The third-order valence-corrected chi connectivity index (χ3v) is 25.6. The molecule has 125 heavy (non-hydrogen) atoms. The minimum Gasteiger partial charge on any atom is -0.207 e. The summed E-state index contributed by atoms with van der Waals surface area (Å²) in [5, 5.41) is 0. The smallest absolute Gasteiger partial charge is 0.207 e. The van der Waals surface area contributed by atoms with Crippen LogP contribution in [-0.2, 0) is 10.9 Å². The number of halogens is 41. The molecule has 0 atom stereocenters. The number of aryl methyl sites for hydroxylation is 1. The van der Waals surface area contributed by atoms with Crippen molar-refractivity contribution in [1.29, 1.82) is 0 Å². The van der Waals surface area contributed by atoms with Crippen LogP contribution in [0.2, 0.25) is 0 Å². The SMILES string of the molecule is Cc1cccc([I+]c2ccc(Sc3ccc([S+](c4ccccc4)c4ccccc4)cc3)cc2)c1C.Fc1c(F)c(F)c([B-](c2c(F)c(F)c(F)c(F)c2F)(c2c(F)c(F)c(F)c(F)c2F)c2c(F)c(F)c(F)c(F)c2F)c(F)c1F.Fc1c(F)c(F)c([B-](c2c(F)c(F)c(F)c(F)c2F)(c2c(F)c(F)c(F)c(F)c2F)c2c(F)c(F)c(F)c(F)c2F)c(F)c1F. The Bertz CT molecular complexity index is 5460. The van der Waals surface area contributed by atoms with E-state index in [0.717, 1.165) is 0 Å². The van der Waals surface area contributed by atoms with Gasteiger partial charge in [0.15, 0.2) is 161 Å². The number of hydrogen-bond acceptors (Lipinski definition) is 1. The molecule has 0 aliphatic carbocycles. The van der Waals surface area contributed by atoms with Gasteiger partial charge >= 0.3 is 21.2 Å². The van der Waals surface area contributed by atoms with Crippen LogP contribution < -0.4 is 64.9 Å². The van der Waals surface area contributed by atoms with Crippen molar-refractivity contribution in [3.63, 3.8) is 0 Å². The molecule has 13 aromatic carbocycles. The highest BCUT2D eigenvalue weighted by Crippen LogP contribution is 2.38. The van der Waals surface area contributed by atoms with Crippen molar-refractivity contribution in [2.24, 2.45) is 0 Å². The molecule has 0 aliphatic rings. The fourth-order valence-electron chi connectivity index (χ4n) is 13.6. The molecule has 0 nitrogen and oxygen atoms in total. The van der Waals surface area contributed by atoms with Gasteiger partial charge in [0, 0.05) is 15.4 Å². The van der Waals surface area contributed by atoms with Gasteiger partial charge in [0.2, 0.25) is 0 Å². The van der Waals surface area contributed by atoms with Gasteiger partial charge in [-0.25, -0.2) is 176 Å². The zero-order chi connectivity index (χ0) is 92.7. The van der Waals surface area contributed by atoms with Crippen LogP contribution in [0, 0.1) is 254 Å². The maximum Gasteiger partial charge on any atom is 0.358 e. The standard InChI is InChI=1S/C32H27IS2.2C24BF20/c1-24-10-9-15-32(25(24)2)33-26-16-18-27(19-17-26)34-28-20-22-31(23-21-28)35(29-11-5-3-6-12-29)30-13-7-4-8-14-30;2*26-5-1(6(27)14(35)21(42)13(5)34)25(2-7(28)15(36)22(43)16(37)8(2)29,3-9(30)17(38)23(44)18(39)10(3)31)4-11(32)19(40)24(45)20(41)12(4)33/h3-23H,1-2H3;;/q+2;2*-1. The number of rotatable bonds is 15. The molecule has 0 radical (unpaired) electrons. The molecule has 652 valence electrons. The van der Waals surface area contributed by atoms with Gasteiger partial charge in [-0.2, -0.15) is 0 Å². The van der Waals surface area contributed by atoms with Gasteiger partial charge in [-0.15, -0.1) is 43.7 Å². The van der Waals surface area contributed by atoms with Crippen LogP contribution in [0.25, 0.3) is 0 Å². The molecule has 0 aromatic heterocycles. The summed E-state index contributed by atoms with van der Waals surface area (Å²) in [6.45, 7) is 4.45. The Morgan fingerprint density at radius 2 is 0.368 bits per heavy atom. The van der Waals surface area contributed by atoms with Crippen LogP contribution in [0.15, 0.2) is 152 Å². The summed E-state index contributed by atoms with van der Waals surface area (Å²) in [5.41, 5.74) is -25.8. The second kappa shape index (κ2) is 35.9. The van der Waals surface area contributed by atoms with Gasteiger partial charge < -0.3 is 0 Å². The molecule has 45 heteroatoms. The molecule has 13 rings (SSSR count). The lowest BCUT2D eigenvalue weighted by Crippen LogP contribution is -3.61. The van der Waals surface area contributed by atoms with Gasteiger partial charge in [0.25, 0.3) is 0 Å². The lowest BCUT2D eigenvalue weighted by Gasteiger charge is -2.44. The minimum absolute atomic E-state index is 0.101. The fourth-order valence-corrected chi connectivity index (χ4v) is 19.1. The molecule has 0 amide bonds. The fraction of sp³-hybridized carbons (Fsp3) is 0.0250. The molecule has 13 aromatic rings. The Balaban J connectivity index is 0.000000184. The first-order valence-corrected chi connectivity index (χ1v) is 37.7. The van der Waals surface area contributed by atoms with Gasteiger partial charge in [-0.05, 0) is 98.3 Å². The second-order valence-electron chi connectivity index (χ2n) is 25.8. The van der Waals surface area contributed by atoms with Gasteiger partial charge in [0.05, 0.1) is 10.9 Å². The normalized spacial score (nSPS) is 11.7. The van der Waals surface area contributed by atoms with E-state index in [-0.39, 0.29) is 32.1 Å². The van der Waals surface area contributed by atoms with Crippen molar-refractivity contribution in [3.05, 3.63) is 378 Å². The molecule has 0 N–H and O–H groups in total. The van der Waals surface area contributed by atoms with E-state index >= 15 is 70.2 Å². The van der Waals surface area contributed by atoms with Crippen molar-refractivity contribution in [2.75, 3.05) is 0 Å². The Labute approximate surface area is 688 Å².